The van der Waals surface area contributed by atoms with Crippen LogP contribution in [0.1, 0.15) is 18.4 Å². The third-order valence-electron chi connectivity index (χ3n) is 3.45. The van der Waals surface area contributed by atoms with Crippen molar-refractivity contribution in [1.29, 1.82) is 0 Å². The molecule has 2 aromatic rings. The van der Waals surface area contributed by atoms with Gasteiger partial charge in [-0.05, 0) is 30.9 Å². The minimum Gasteiger partial charge on any atom is -0.394 e. The van der Waals surface area contributed by atoms with Crippen molar-refractivity contribution in [3.63, 3.8) is 0 Å². The first kappa shape index (κ1) is 11.1. The highest BCUT2D eigenvalue weighted by molar-refractivity contribution is 5.72. The molecule has 0 saturated carbocycles. The summed E-state index contributed by atoms with van der Waals surface area (Å²) in [4.78, 5) is 2.25. The van der Waals surface area contributed by atoms with E-state index >= 15 is 0 Å². The van der Waals surface area contributed by atoms with Crippen LogP contribution in [0, 0.1) is 0 Å². The first-order valence-corrected chi connectivity index (χ1v) is 6.40. The maximum Gasteiger partial charge on any atom is 0.178 e. The van der Waals surface area contributed by atoms with Crippen molar-refractivity contribution in [3.8, 4) is 0 Å². The molecule has 1 aliphatic heterocycles. The second-order valence-electron chi connectivity index (χ2n) is 4.82. The van der Waals surface area contributed by atoms with Crippen LogP contribution >= 0.6 is 0 Å². The summed E-state index contributed by atoms with van der Waals surface area (Å²) >= 11 is 0. The van der Waals surface area contributed by atoms with Crippen molar-refractivity contribution in [2.45, 2.75) is 19.3 Å². The fourth-order valence-corrected chi connectivity index (χ4v) is 2.62. The number of aromatic nitrogens is 2. The molecule has 0 spiro atoms. The van der Waals surface area contributed by atoms with Gasteiger partial charge in [0.05, 0.1) is 5.69 Å². The van der Waals surface area contributed by atoms with Crippen LogP contribution < -0.4 is 10.6 Å². The van der Waals surface area contributed by atoms with Gasteiger partial charge in [-0.25, -0.2) is 0 Å². The van der Waals surface area contributed by atoms with Crippen LogP contribution in [0.3, 0.4) is 0 Å². The lowest BCUT2D eigenvalue weighted by Crippen LogP contribution is -2.19. The summed E-state index contributed by atoms with van der Waals surface area (Å²) in [5.74, 6) is 0.881. The number of rotatable bonds is 1. The number of benzene rings is 1. The van der Waals surface area contributed by atoms with Crippen molar-refractivity contribution in [2.24, 2.45) is 7.05 Å². The molecule has 0 amide bonds. The number of nitrogens with two attached hydrogens (primary N) is 1. The average molecular weight is 242 g/mol. The van der Waals surface area contributed by atoms with Crippen molar-refractivity contribution >= 4 is 17.2 Å². The van der Waals surface area contributed by atoms with Crippen LogP contribution in [-0.4, -0.2) is 16.3 Å². The molecule has 18 heavy (non-hydrogen) atoms. The van der Waals surface area contributed by atoms with Crippen molar-refractivity contribution in [2.75, 3.05) is 17.2 Å². The summed E-state index contributed by atoms with van der Waals surface area (Å²) in [6.45, 7) is 0.984. The number of nitrogens with zero attached hydrogens (tertiary/aromatic N) is 3. The van der Waals surface area contributed by atoms with Gasteiger partial charge in [0.2, 0.25) is 0 Å². The molecule has 0 saturated heterocycles. The Hall–Kier alpha value is -1.97. The molecule has 1 aliphatic rings. The van der Waals surface area contributed by atoms with E-state index in [1.54, 1.807) is 4.68 Å². The molecular weight excluding hydrogens is 224 g/mol. The Kier molecular flexibility index (Phi) is 2.70. The summed E-state index contributed by atoms with van der Waals surface area (Å²) in [5.41, 5.74) is 9.44. The fraction of sp³-hybridized carbons (Fsp3) is 0.357. The van der Waals surface area contributed by atoms with Gasteiger partial charge in [-0.3, -0.25) is 4.68 Å². The maximum atomic E-state index is 6.06. The van der Waals surface area contributed by atoms with E-state index < -0.39 is 0 Å². The maximum absolute atomic E-state index is 6.06. The molecule has 3 rings (SSSR count). The number of fused-ring (bicyclic) bond motifs is 1. The lowest BCUT2D eigenvalue weighted by atomic mass is 10.1. The van der Waals surface area contributed by atoms with E-state index in [-0.39, 0.29) is 0 Å². The molecule has 94 valence electrons. The van der Waals surface area contributed by atoms with Crippen LogP contribution in [0.25, 0.3) is 0 Å². The third kappa shape index (κ3) is 1.83. The van der Waals surface area contributed by atoms with E-state index in [0.29, 0.717) is 0 Å². The number of para-hydroxylation sites is 1. The van der Waals surface area contributed by atoms with Gasteiger partial charge in [-0.1, -0.05) is 18.2 Å². The highest BCUT2D eigenvalue weighted by Crippen LogP contribution is 2.34. The standard InChI is InChI=1S/C14H18N4/c1-17-10-12(15)14(16-17)18-9-5-4-7-11-6-2-3-8-13(11)18/h2-3,6,8,10H,4-5,7,9,15H2,1H3. The van der Waals surface area contributed by atoms with E-state index in [1.807, 2.05) is 13.2 Å². The Balaban J connectivity index is 2.09. The molecule has 2 N–H and O–H groups in total. The number of hydrogen-bond donors (Lipinski definition) is 1. The van der Waals surface area contributed by atoms with Crippen LogP contribution in [0.2, 0.25) is 0 Å². The van der Waals surface area contributed by atoms with E-state index in [2.05, 4.69) is 34.3 Å². The zero-order chi connectivity index (χ0) is 12.5. The molecule has 4 heteroatoms. The highest BCUT2D eigenvalue weighted by Gasteiger charge is 2.20. The van der Waals surface area contributed by atoms with E-state index in [1.165, 1.54) is 24.1 Å². The lowest BCUT2D eigenvalue weighted by Gasteiger charge is -2.23. The molecule has 1 aromatic heterocycles. The van der Waals surface area contributed by atoms with Gasteiger partial charge < -0.3 is 10.6 Å². The van der Waals surface area contributed by atoms with Crippen molar-refractivity contribution < 1.29 is 0 Å². The van der Waals surface area contributed by atoms with Gasteiger partial charge in [0.25, 0.3) is 0 Å². The van der Waals surface area contributed by atoms with E-state index in [4.69, 9.17) is 5.73 Å². The monoisotopic (exact) mass is 242 g/mol. The number of hydrogen-bond acceptors (Lipinski definition) is 3. The minimum absolute atomic E-state index is 0.745. The second kappa shape index (κ2) is 4.37. The first-order chi connectivity index (χ1) is 8.75. The first-order valence-electron chi connectivity index (χ1n) is 6.40. The lowest BCUT2D eigenvalue weighted by molar-refractivity contribution is 0.735. The Morgan fingerprint density at radius 1 is 1.22 bits per heavy atom. The van der Waals surface area contributed by atoms with Gasteiger partial charge in [0.15, 0.2) is 5.82 Å². The predicted molar refractivity (Wildman–Crippen MR) is 74.0 cm³/mol. The molecule has 4 nitrogen and oxygen atoms in total. The normalized spacial score (nSPS) is 15.3. The van der Waals surface area contributed by atoms with Crippen LogP contribution in [-0.2, 0) is 13.5 Å². The quantitative estimate of drug-likeness (QED) is 0.835. The molecule has 0 atom stereocenters. The summed E-state index contributed by atoms with van der Waals surface area (Å²) in [6, 6.07) is 8.54. The number of nitrogen functional groups attached to an aromatic ring is 1. The molecular formula is C14H18N4. The van der Waals surface area contributed by atoms with Crippen molar-refractivity contribution in [3.05, 3.63) is 36.0 Å². The Morgan fingerprint density at radius 3 is 2.83 bits per heavy atom. The molecule has 0 bridgehead atoms. The van der Waals surface area contributed by atoms with Gasteiger partial charge >= 0.3 is 0 Å². The molecule has 2 heterocycles. The summed E-state index contributed by atoms with van der Waals surface area (Å²) in [7, 11) is 1.91. The second-order valence-corrected chi connectivity index (χ2v) is 4.82. The SMILES string of the molecule is Cn1cc(N)c(N2CCCCc3ccccc32)n1. The molecule has 1 aromatic carbocycles. The topological polar surface area (TPSA) is 47.1 Å². The highest BCUT2D eigenvalue weighted by atomic mass is 15.3. The van der Waals surface area contributed by atoms with E-state index in [0.717, 1.165) is 24.5 Å². The fourth-order valence-electron chi connectivity index (χ4n) is 2.62. The zero-order valence-electron chi connectivity index (χ0n) is 10.6. The average Bonchev–Trinajstić information content (AvgIpc) is 2.60. The molecule has 0 radical (unpaired) electrons. The Morgan fingerprint density at radius 2 is 2.06 bits per heavy atom. The Bertz CT molecular complexity index is 559. The van der Waals surface area contributed by atoms with Crippen LogP contribution in [0.15, 0.2) is 30.5 Å². The molecule has 0 unspecified atom stereocenters. The minimum atomic E-state index is 0.745. The van der Waals surface area contributed by atoms with Crippen LogP contribution in [0.5, 0.6) is 0 Å². The van der Waals surface area contributed by atoms with Gasteiger partial charge in [0, 0.05) is 25.5 Å². The number of anilines is 3. The van der Waals surface area contributed by atoms with E-state index in [9.17, 15) is 0 Å². The Labute approximate surface area is 107 Å². The summed E-state index contributed by atoms with van der Waals surface area (Å²) < 4.78 is 1.78. The summed E-state index contributed by atoms with van der Waals surface area (Å²) in [5, 5.41) is 4.49. The molecule has 0 fully saturated rings. The van der Waals surface area contributed by atoms with Crippen LogP contribution in [0.4, 0.5) is 17.2 Å². The van der Waals surface area contributed by atoms with Gasteiger partial charge in [0.1, 0.15) is 0 Å². The smallest absolute Gasteiger partial charge is 0.178 e. The largest absolute Gasteiger partial charge is 0.394 e. The number of aryl methyl sites for hydroxylation is 2. The van der Waals surface area contributed by atoms with Gasteiger partial charge in [-0.2, -0.15) is 5.10 Å². The summed E-state index contributed by atoms with van der Waals surface area (Å²) in [6.07, 6.45) is 5.40. The third-order valence-corrected chi connectivity index (χ3v) is 3.45. The van der Waals surface area contributed by atoms with Gasteiger partial charge in [-0.15, -0.1) is 0 Å². The van der Waals surface area contributed by atoms with Crippen molar-refractivity contribution in [1.82, 2.24) is 9.78 Å². The zero-order valence-corrected chi connectivity index (χ0v) is 10.6. The molecule has 0 aliphatic carbocycles. The predicted octanol–water partition coefficient (Wildman–Crippen LogP) is 2.48.